The van der Waals surface area contributed by atoms with Gasteiger partial charge in [-0.2, -0.15) is 8.78 Å². The molecule has 0 radical (unpaired) electrons. The highest BCUT2D eigenvalue weighted by molar-refractivity contribution is 6.20. The molecule has 1 unspecified atom stereocenters. The first-order valence-corrected chi connectivity index (χ1v) is 6.72. The maximum atomic E-state index is 12.2. The van der Waals surface area contributed by atoms with Crippen molar-refractivity contribution in [2.24, 2.45) is 0 Å². The quantitative estimate of drug-likeness (QED) is 0.696. The highest BCUT2D eigenvalue weighted by atomic mass is 35.5. The maximum Gasteiger partial charge on any atom is 0.387 e. The Hall–Kier alpha value is -1.61. The smallest absolute Gasteiger partial charge is 0.387 e. The third kappa shape index (κ3) is 4.20. The molecule has 1 nitrogen and oxygen atoms in total. The molecule has 0 heterocycles. The van der Waals surface area contributed by atoms with Crippen LogP contribution in [-0.4, -0.2) is 6.61 Å². The van der Waals surface area contributed by atoms with Crippen LogP contribution in [0.2, 0.25) is 0 Å². The van der Waals surface area contributed by atoms with Crippen LogP contribution in [0.3, 0.4) is 0 Å². The van der Waals surface area contributed by atoms with Crippen molar-refractivity contribution >= 4 is 11.6 Å². The zero-order valence-corrected chi connectivity index (χ0v) is 11.8. The topological polar surface area (TPSA) is 9.23 Å². The van der Waals surface area contributed by atoms with E-state index < -0.39 is 6.61 Å². The van der Waals surface area contributed by atoms with Crippen LogP contribution in [0.25, 0.3) is 0 Å². The Kier molecular flexibility index (Phi) is 4.96. The van der Waals surface area contributed by atoms with E-state index in [1.54, 1.807) is 12.1 Å². The van der Waals surface area contributed by atoms with Crippen molar-refractivity contribution in [3.8, 4) is 5.75 Å². The summed E-state index contributed by atoms with van der Waals surface area (Å²) < 4.78 is 28.7. The van der Waals surface area contributed by atoms with Gasteiger partial charge in [0.1, 0.15) is 5.75 Å². The van der Waals surface area contributed by atoms with Gasteiger partial charge in [0.25, 0.3) is 0 Å². The van der Waals surface area contributed by atoms with Gasteiger partial charge in [-0.05, 0) is 36.6 Å². The van der Waals surface area contributed by atoms with Crippen molar-refractivity contribution in [3.05, 3.63) is 65.2 Å². The third-order valence-corrected chi connectivity index (χ3v) is 3.39. The molecule has 0 aliphatic carbocycles. The lowest BCUT2D eigenvalue weighted by atomic mass is 10.0. The second kappa shape index (κ2) is 6.71. The number of hydrogen-bond donors (Lipinski definition) is 0. The van der Waals surface area contributed by atoms with Crippen molar-refractivity contribution < 1.29 is 13.5 Å². The number of aryl methyl sites for hydroxylation is 1. The molecule has 0 aromatic heterocycles. The van der Waals surface area contributed by atoms with E-state index in [0.717, 1.165) is 11.1 Å². The van der Waals surface area contributed by atoms with E-state index in [-0.39, 0.29) is 11.1 Å². The Labute approximate surface area is 122 Å². The molecule has 2 rings (SSSR count). The molecular weight excluding hydrogens is 282 g/mol. The average Bonchev–Trinajstić information content (AvgIpc) is 2.41. The average molecular weight is 297 g/mol. The summed E-state index contributed by atoms with van der Waals surface area (Å²) >= 11 is 6.35. The molecule has 2 aromatic rings. The molecule has 106 valence electrons. The minimum atomic E-state index is -2.82. The van der Waals surface area contributed by atoms with Gasteiger partial charge in [-0.3, -0.25) is 0 Å². The number of rotatable bonds is 5. The Morgan fingerprint density at radius 1 is 1.10 bits per heavy atom. The summed E-state index contributed by atoms with van der Waals surface area (Å²) in [4.78, 5) is 0. The van der Waals surface area contributed by atoms with Gasteiger partial charge < -0.3 is 4.74 Å². The molecule has 0 amide bonds. The van der Waals surface area contributed by atoms with Gasteiger partial charge in [0.05, 0.1) is 5.38 Å². The predicted molar refractivity (Wildman–Crippen MR) is 76.6 cm³/mol. The summed E-state index contributed by atoms with van der Waals surface area (Å²) in [6.45, 7) is -0.802. The molecule has 20 heavy (non-hydrogen) atoms. The van der Waals surface area contributed by atoms with Gasteiger partial charge in [0, 0.05) is 0 Å². The molecule has 2 aromatic carbocycles. The molecule has 0 spiro atoms. The fourth-order valence-corrected chi connectivity index (χ4v) is 2.25. The zero-order chi connectivity index (χ0) is 14.5. The molecule has 0 saturated carbocycles. The second-order valence-electron chi connectivity index (χ2n) is 4.61. The minimum Gasteiger partial charge on any atom is -0.435 e. The van der Waals surface area contributed by atoms with Gasteiger partial charge >= 0.3 is 6.61 Å². The van der Waals surface area contributed by atoms with E-state index in [0.29, 0.717) is 6.42 Å². The van der Waals surface area contributed by atoms with Gasteiger partial charge in [0.15, 0.2) is 0 Å². The third-order valence-electron chi connectivity index (χ3n) is 2.98. The summed E-state index contributed by atoms with van der Waals surface area (Å²) in [6, 6.07) is 14.6. The van der Waals surface area contributed by atoms with Crippen LogP contribution >= 0.6 is 11.6 Å². The fourth-order valence-electron chi connectivity index (χ4n) is 1.93. The molecule has 4 heteroatoms. The lowest BCUT2D eigenvalue weighted by Crippen LogP contribution is -2.03. The van der Waals surface area contributed by atoms with Crippen LogP contribution < -0.4 is 4.74 Å². The highest BCUT2D eigenvalue weighted by Crippen LogP contribution is 2.28. The predicted octanol–water partition coefficient (Wildman–Crippen LogP) is 5.12. The van der Waals surface area contributed by atoms with Crippen LogP contribution in [0.1, 0.15) is 22.1 Å². The minimum absolute atomic E-state index is 0.132. The van der Waals surface area contributed by atoms with Crippen LogP contribution in [0.15, 0.2) is 48.5 Å². The summed E-state index contributed by atoms with van der Waals surface area (Å²) in [5, 5.41) is -0.279. The Morgan fingerprint density at radius 3 is 2.45 bits per heavy atom. The normalized spacial score (nSPS) is 12.4. The zero-order valence-electron chi connectivity index (χ0n) is 11.0. The lowest BCUT2D eigenvalue weighted by molar-refractivity contribution is -0.0498. The largest absolute Gasteiger partial charge is 0.435 e. The molecule has 0 N–H and O–H groups in total. The first kappa shape index (κ1) is 14.8. The number of halogens is 3. The summed E-state index contributed by atoms with van der Waals surface area (Å²) in [6.07, 6.45) is 0.639. The molecule has 0 bridgehead atoms. The molecule has 1 atom stereocenters. The van der Waals surface area contributed by atoms with E-state index in [1.807, 2.05) is 37.3 Å². The summed E-state index contributed by atoms with van der Waals surface area (Å²) in [5.41, 5.74) is 3.06. The van der Waals surface area contributed by atoms with Gasteiger partial charge in [-0.25, -0.2) is 0 Å². The standard InChI is InChI=1S/C16H15ClF2O/c1-11-5-7-12(8-6-11)9-15(17)13-3-2-4-14(10-13)20-16(18)19/h2-8,10,15-16H,9H2,1H3. The van der Waals surface area contributed by atoms with Gasteiger partial charge in [0.2, 0.25) is 0 Å². The second-order valence-corrected chi connectivity index (χ2v) is 5.14. The fraction of sp³-hybridized carbons (Fsp3) is 0.250. The number of benzene rings is 2. The maximum absolute atomic E-state index is 12.2. The van der Waals surface area contributed by atoms with E-state index in [9.17, 15) is 8.78 Å². The summed E-state index contributed by atoms with van der Waals surface area (Å²) in [7, 11) is 0. The van der Waals surface area contributed by atoms with Crippen molar-refractivity contribution in [2.75, 3.05) is 0 Å². The summed E-state index contributed by atoms with van der Waals surface area (Å²) in [5.74, 6) is 0.132. The highest BCUT2D eigenvalue weighted by Gasteiger charge is 2.11. The number of alkyl halides is 3. The Bertz CT molecular complexity index is 555. The molecule has 0 aliphatic rings. The lowest BCUT2D eigenvalue weighted by Gasteiger charge is -2.12. The van der Waals surface area contributed by atoms with Crippen molar-refractivity contribution in [2.45, 2.75) is 25.3 Å². The van der Waals surface area contributed by atoms with Crippen LogP contribution in [0, 0.1) is 6.92 Å². The van der Waals surface area contributed by atoms with E-state index in [2.05, 4.69) is 4.74 Å². The molecule has 0 fully saturated rings. The SMILES string of the molecule is Cc1ccc(CC(Cl)c2cccc(OC(F)F)c2)cc1. The monoisotopic (exact) mass is 296 g/mol. The van der Waals surface area contributed by atoms with E-state index >= 15 is 0 Å². The Balaban J connectivity index is 2.08. The van der Waals surface area contributed by atoms with Gasteiger partial charge in [-0.15, -0.1) is 11.6 Å². The van der Waals surface area contributed by atoms with Crippen molar-refractivity contribution in [3.63, 3.8) is 0 Å². The van der Waals surface area contributed by atoms with Crippen LogP contribution in [-0.2, 0) is 6.42 Å². The number of ether oxygens (including phenoxy) is 1. The van der Waals surface area contributed by atoms with Crippen molar-refractivity contribution in [1.82, 2.24) is 0 Å². The van der Waals surface area contributed by atoms with Crippen LogP contribution in [0.4, 0.5) is 8.78 Å². The Morgan fingerprint density at radius 2 is 1.80 bits per heavy atom. The first-order chi connectivity index (χ1) is 9.54. The molecule has 0 aliphatic heterocycles. The van der Waals surface area contributed by atoms with Crippen molar-refractivity contribution in [1.29, 1.82) is 0 Å². The van der Waals surface area contributed by atoms with Crippen LogP contribution in [0.5, 0.6) is 5.75 Å². The number of hydrogen-bond acceptors (Lipinski definition) is 1. The molecule has 0 saturated heterocycles. The first-order valence-electron chi connectivity index (χ1n) is 6.29. The van der Waals surface area contributed by atoms with E-state index in [4.69, 9.17) is 11.6 Å². The van der Waals surface area contributed by atoms with Gasteiger partial charge in [-0.1, -0.05) is 42.0 Å². The van der Waals surface area contributed by atoms with E-state index in [1.165, 1.54) is 11.6 Å². The molecular formula is C16H15ClF2O.